The van der Waals surface area contributed by atoms with Gasteiger partial charge in [-0.15, -0.1) is 0 Å². The van der Waals surface area contributed by atoms with E-state index in [4.69, 9.17) is 11.6 Å². The predicted octanol–water partition coefficient (Wildman–Crippen LogP) is 4.20. The lowest BCUT2D eigenvalue weighted by atomic mass is 9.96. The van der Waals surface area contributed by atoms with Gasteiger partial charge in [-0.1, -0.05) is 60.1 Å². The molecule has 0 radical (unpaired) electrons. The number of aryl methyl sites for hydroxylation is 1. The first-order chi connectivity index (χ1) is 12.6. The molecule has 0 aliphatic rings. The molecule has 0 aliphatic carbocycles. The highest BCUT2D eigenvalue weighted by Crippen LogP contribution is 2.36. The topological polar surface area (TPSA) is 50.1 Å². The Kier molecular flexibility index (Phi) is 4.64. The van der Waals surface area contributed by atoms with Gasteiger partial charge in [0.2, 0.25) is 0 Å². The van der Waals surface area contributed by atoms with Crippen molar-refractivity contribution < 1.29 is 5.11 Å². The minimum atomic E-state index is -0.589. The van der Waals surface area contributed by atoms with Crippen LogP contribution in [-0.4, -0.2) is 21.4 Å². The van der Waals surface area contributed by atoms with Gasteiger partial charge in [-0.05, 0) is 16.3 Å². The van der Waals surface area contributed by atoms with Gasteiger partial charge in [-0.2, -0.15) is 5.10 Å². The number of aliphatic hydroxyl groups excluding tert-OH is 1. The molecule has 4 rings (SSSR count). The molecular weight excluding hydrogens is 346 g/mol. The number of fused-ring (bicyclic) bond motifs is 2. The van der Waals surface area contributed by atoms with Crippen molar-refractivity contribution in [2.75, 3.05) is 6.54 Å². The predicted molar refractivity (Wildman–Crippen MR) is 106 cm³/mol. The normalized spacial score (nSPS) is 12.7. The summed E-state index contributed by atoms with van der Waals surface area (Å²) >= 11 is 6.64. The van der Waals surface area contributed by atoms with E-state index >= 15 is 0 Å². The Balaban J connectivity index is 1.65. The fraction of sp³-hybridized carbons (Fsp3) is 0.190. The van der Waals surface area contributed by atoms with Crippen molar-refractivity contribution >= 4 is 33.1 Å². The van der Waals surface area contributed by atoms with E-state index in [0.29, 0.717) is 13.1 Å². The number of aromatic nitrogens is 2. The summed E-state index contributed by atoms with van der Waals surface area (Å²) in [5.41, 5.74) is 2.00. The van der Waals surface area contributed by atoms with Crippen molar-refractivity contribution in [1.29, 1.82) is 0 Å². The number of nitrogens with zero attached hydrogens (tertiary/aromatic N) is 2. The second-order valence-corrected chi connectivity index (χ2v) is 6.86. The second kappa shape index (κ2) is 7.08. The fourth-order valence-electron chi connectivity index (χ4n) is 3.42. The molecule has 0 spiro atoms. The minimum Gasteiger partial charge on any atom is -0.387 e. The number of hydrogen-bond acceptors (Lipinski definition) is 3. The monoisotopic (exact) mass is 365 g/mol. The first-order valence-electron chi connectivity index (χ1n) is 8.60. The highest BCUT2D eigenvalue weighted by Gasteiger charge is 2.13. The van der Waals surface area contributed by atoms with Gasteiger partial charge in [0.05, 0.1) is 17.3 Å². The van der Waals surface area contributed by atoms with Crippen LogP contribution in [-0.2, 0) is 13.6 Å². The van der Waals surface area contributed by atoms with Crippen LogP contribution in [0.5, 0.6) is 0 Å². The molecule has 2 N–H and O–H groups in total. The number of aliphatic hydroxyl groups is 1. The Hall–Kier alpha value is -2.40. The first kappa shape index (κ1) is 17.0. The van der Waals surface area contributed by atoms with Gasteiger partial charge in [0.25, 0.3) is 0 Å². The van der Waals surface area contributed by atoms with Crippen LogP contribution < -0.4 is 5.32 Å². The maximum absolute atomic E-state index is 10.3. The van der Waals surface area contributed by atoms with Gasteiger partial charge in [-0.25, -0.2) is 0 Å². The number of nitrogens with one attached hydrogen (secondary N) is 1. The first-order valence-corrected chi connectivity index (χ1v) is 8.98. The number of rotatable bonds is 5. The molecule has 0 bridgehead atoms. The fourth-order valence-corrected chi connectivity index (χ4v) is 3.75. The van der Waals surface area contributed by atoms with Gasteiger partial charge >= 0.3 is 0 Å². The quantitative estimate of drug-likeness (QED) is 0.521. The zero-order valence-electron chi connectivity index (χ0n) is 14.5. The average Bonchev–Trinajstić information content (AvgIpc) is 3.11. The lowest BCUT2D eigenvalue weighted by Crippen LogP contribution is -2.21. The van der Waals surface area contributed by atoms with E-state index in [0.717, 1.165) is 32.1 Å². The molecule has 26 heavy (non-hydrogen) atoms. The van der Waals surface area contributed by atoms with Crippen LogP contribution in [0.3, 0.4) is 0 Å². The maximum Gasteiger partial charge on any atom is 0.0944 e. The molecule has 0 aliphatic heterocycles. The van der Waals surface area contributed by atoms with Crippen LogP contribution >= 0.6 is 11.6 Å². The molecule has 0 saturated heterocycles. The largest absolute Gasteiger partial charge is 0.387 e. The Morgan fingerprint density at radius 1 is 1.04 bits per heavy atom. The van der Waals surface area contributed by atoms with Crippen LogP contribution in [0.15, 0.2) is 60.9 Å². The molecule has 4 aromatic rings. The molecule has 0 saturated carbocycles. The summed E-state index contributed by atoms with van der Waals surface area (Å²) in [5, 5.41) is 23.0. The molecule has 1 unspecified atom stereocenters. The summed E-state index contributed by atoms with van der Waals surface area (Å²) in [6.07, 6.45) is 2.94. The minimum absolute atomic E-state index is 0.455. The van der Waals surface area contributed by atoms with Crippen molar-refractivity contribution in [2.45, 2.75) is 12.6 Å². The van der Waals surface area contributed by atoms with E-state index in [1.807, 2.05) is 37.5 Å². The third kappa shape index (κ3) is 3.07. The van der Waals surface area contributed by atoms with Crippen LogP contribution in [0.25, 0.3) is 21.5 Å². The van der Waals surface area contributed by atoms with Gasteiger partial charge in [0.15, 0.2) is 0 Å². The highest BCUT2D eigenvalue weighted by atomic mass is 35.5. The van der Waals surface area contributed by atoms with Gasteiger partial charge < -0.3 is 10.4 Å². The zero-order valence-corrected chi connectivity index (χ0v) is 15.2. The van der Waals surface area contributed by atoms with Crippen LogP contribution in [0.4, 0.5) is 0 Å². The summed E-state index contributed by atoms with van der Waals surface area (Å²) < 4.78 is 1.69. The van der Waals surface area contributed by atoms with Gasteiger partial charge in [0.1, 0.15) is 0 Å². The third-order valence-corrected chi connectivity index (χ3v) is 5.13. The van der Waals surface area contributed by atoms with Gasteiger partial charge in [-0.3, -0.25) is 4.68 Å². The zero-order chi connectivity index (χ0) is 18.1. The maximum atomic E-state index is 10.3. The SMILES string of the molecule is Cn1cc(C(O)CNCc2c3ccccc3c(Cl)c3ccccc23)cn1. The van der Waals surface area contributed by atoms with Gasteiger partial charge in [0, 0.05) is 42.7 Å². The van der Waals surface area contributed by atoms with Crippen LogP contribution in [0.1, 0.15) is 17.2 Å². The van der Waals surface area contributed by atoms with Crippen molar-refractivity contribution in [2.24, 2.45) is 7.05 Å². The number of benzene rings is 3. The smallest absolute Gasteiger partial charge is 0.0944 e. The van der Waals surface area contributed by atoms with Crippen molar-refractivity contribution in [3.63, 3.8) is 0 Å². The molecule has 3 aromatic carbocycles. The van der Waals surface area contributed by atoms with E-state index in [1.165, 1.54) is 5.56 Å². The average molecular weight is 366 g/mol. The van der Waals surface area contributed by atoms with E-state index in [1.54, 1.807) is 10.9 Å². The summed E-state index contributed by atoms with van der Waals surface area (Å²) in [4.78, 5) is 0. The molecule has 4 nitrogen and oxygen atoms in total. The lowest BCUT2D eigenvalue weighted by Gasteiger charge is -2.15. The molecule has 1 aromatic heterocycles. The van der Waals surface area contributed by atoms with E-state index in [2.05, 4.69) is 34.7 Å². The standard InChI is InChI=1S/C21H20ClN3O/c1-25-13-14(10-24-25)20(26)12-23-11-19-15-6-2-4-8-17(15)21(22)18-9-5-3-7-16(18)19/h2-10,13,20,23,26H,11-12H2,1H3. The second-order valence-electron chi connectivity index (χ2n) is 6.48. The highest BCUT2D eigenvalue weighted by molar-refractivity contribution is 6.41. The van der Waals surface area contributed by atoms with Crippen LogP contribution in [0.2, 0.25) is 5.02 Å². The Bertz CT molecular complexity index is 1020. The number of halogens is 1. The Labute approximate surface area is 157 Å². The molecule has 1 atom stereocenters. The Morgan fingerprint density at radius 2 is 1.62 bits per heavy atom. The summed E-state index contributed by atoms with van der Waals surface area (Å²) in [5.74, 6) is 0. The van der Waals surface area contributed by atoms with E-state index < -0.39 is 6.10 Å². The molecule has 1 heterocycles. The summed E-state index contributed by atoms with van der Waals surface area (Å²) in [6.45, 7) is 1.10. The third-order valence-electron chi connectivity index (χ3n) is 4.73. The lowest BCUT2D eigenvalue weighted by molar-refractivity contribution is 0.174. The molecule has 0 fully saturated rings. The number of hydrogen-bond donors (Lipinski definition) is 2. The molecular formula is C21H20ClN3O. The summed E-state index contributed by atoms with van der Waals surface area (Å²) in [7, 11) is 1.84. The van der Waals surface area contributed by atoms with Crippen molar-refractivity contribution in [3.8, 4) is 0 Å². The van der Waals surface area contributed by atoms with E-state index in [9.17, 15) is 5.11 Å². The Morgan fingerprint density at radius 3 is 2.15 bits per heavy atom. The molecule has 132 valence electrons. The molecule has 0 amide bonds. The molecule has 5 heteroatoms. The van der Waals surface area contributed by atoms with Crippen molar-refractivity contribution in [1.82, 2.24) is 15.1 Å². The van der Waals surface area contributed by atoms with Crippen LogP contribution in [0, 0.1) is 0 Å². The summed E-state index contributed by atoms with van der Waals surface area (Å²) in [6, 6.07) is 16.4. The van der Waals surface area contributed by atoms with Crippen molar-refractivity contribution in [3.05, 3.63) is 77.1 Å². The van der Waals surface area contributed by atoms with E-state index in [-0.39, 0.29) is 0 Å².